The van der Waals surface area contributed by atoms with Gasteiger partial charge >= 0.3 is 0 Å². The van der Waals surface area contributed by atoms with E-state index in [1.807, 2.05) is 6.07 Å². The fourth-order valence-corrected chi connectivity index (χ4v) is 3.03. The molecule has 1 heterocycles. The number of carbonyl (C=O) groups is 3. The van der Waals surface area contributed by atoms with Gasteiger partial charge in [0, 0.05) is 37.3 Å². The summed E-state index contributed by atoms with van der Waals surface area (Å²) in [5.74, 6) is 0.208. The second-order valence-electron chi connectivity index (χ2n) is 6.45. The Morgan fingerprint density at radius 2 is 1.46 bits per heavy atom. The molecule has 3 amide bonds. The number of nitrogens with zero attached hydrogens (tertiary/aromatic N) is 2. The molecule has 7 nitrogen and oxygen atoms in total. The first-order valence-corrected chi connectivity index (χ1v) is 9.13. The lowest BCUT2D eigenvalue weighted by atomic mass is 10.1. The van der Waals surface area contributed by atoms with Crippen LogP contribution in [0.25, 0.3) is 0 Å². The van der Waals surface area contributed by atoms with Gasteiger partial charge in [0.15, 0.2) is 0 Å². The largest absolute Gasteiger partial charge is 0.497 e. The standard InChI is InChI=1S/C21H23N3O4/c1-28-18-9-7-17(8-10-18)21(27)24-13-11-23(12-14-24)19(25)15-22-20(26)16-5-3-2-4-6-16/h2-10H,11-15H2,1H3,(H,22,26). The molecule has 0 bridgehead atoms. The highest BCUT2D eigenvalue weighted by molar-refractivity contribution is 5.96. The second-order valence-corrected chi connectivity index (χ2v) is 6.45. The molecule has 1 aliphatic rings. The third-order valence-electron chi connectivity index (χ3n) is 4.69. The third-order valence-corrected chi connectivity index (χ3v) is 4.69. The number of amides is 3. The van der Waals surface area contributed by atoms with Crippen LogP contribution in [0.15, 0.2) is 54.6 Å². The van der Waals surface area contributed by atoms with Crippen LogP contribution in [0.2, 0.25) is 0 Å². The highest BCUT2D eigenvalue weighted by atomic mass is 16.5. The molecule has 2 aromatic carbocycles. The Morgan fingerprint density at radius 1 is 0.857 bits per heavy atom. The molecular weight excluding hydrogens is 358 g/mol. The number of piperazine rings is 1. The minimum Gasteiger partial charge on any atom is -0.497 e. The van der Waals surface area contributed by atoms with Gasteiger partial charge < -0.3 is 19.9 Å². The molecule has 0 aliphatic carbocycles. The quantitative estimate of drug-likeness (QED) is 0.849. The molecule has 2 aromatic rings. The molecule has 0 saturated carbocycles. The molecule has 0 spiro atoms. The number of nitrogens with one attached hydrogen (secondary N) is 1. The second kappa shape index (κ2) is 9.03. The van der Waals surface area contributed by atoms with E-state index in [1.54, 1.807) is 65.4 Å². The van der Waals surface area contributed by atoms with Crippen molar-refractivity contribution in [3.8, 4) is 5.75 Å². The Morgan fingerprint density at radius 3 is 2.07 bits per heavy atom. The topological polar surface area (TPSA) is 79.0 Å². The molecular formula is C21H23N3O4. The lowest BCUT2D eigenvalue weighted by molar-refractivity contribution is -0.131. The highest BCUT2D eigenvalue weighted by Gasteiger charge is 2.25. The van der Waals surface area contributed by atoms with Crippen LogP contribution in [-0.2, 0) is 4.79 Å². The predicted molar refractivity (Wildman–Crippen MR) is 104 cm³/mol. The summed E-state index contributed by atoms with van der Waals surface area (Å²) in [6.07, 6.45) is 0. The monoisotopic (exact) mass is 381 g/mol. The molecule has 1 aliphatic heterocycles. The molecule has 0 atom stereocenters. The van der Waals surface area contributed by atoms with Gasteiger partial charge in [-0.05, 0) is 36.4 Å². The van der Waals surface area contributed by atoms with E-state index in [2.05, 4.69) is 5.32 Å². The van der Waals surface area contributed by atoms with Crippen molar-refractivity contribution in [2.45, 2.75) is 0 Å². The molecule has 1 saturated heterocycles. The zero-order valence-corrected chi connectivity index (χ0v) is 15.8. The van der Waals surface area contributed by atoms with Crippen molar-refractivity contribution in [1.29, 1.82) is 0 Å². The number of rotatable bonds is 5. The predicted octanol–water partition coefficient (Wildman–Crippen LogP) is 1.41. The first-order chi connectivity index (χ1) is 13.6. The maximum Gasteiger partial charge on any atom is 0.253 e. The zero-order chi connectivity index (χ0) is 19.9. The van der Waals surface area contributed by atoms with Gasteiger partial charge in [0.2, 0.25) is 5.91 Å². The fourth-order valence-electron chi connectivity index (χ4n) is 3.03. The number of benzene rings is 2. The Balaban J connectivity index is 1.47. The van der Waals surface area contributed by atoms with Crippen molar-refractivity contribution in [2.24, 2.45) is 0 Å². The normalized spacial score (nSPS) is 13.8. The average molecular weight is 381 g/mol. The van der Waals surface area contributed by atoms with E-state index in [4.69, 9.17) is 4.74 Å². The molecule has 0 aromatic heterocycles. The number of methoxy groups -OCH3 is 1. The minimum absolute atomic E-state index is 0.0554. The smallest absolute Gasteiger partial charge is 0.253 e. The van der Waals surface area contributed by atoms with Crippen molar-refractivity contribution in [2.75, 3.05) is 39.8 Å². The van der Waals surface area contributed by atoms with Gasteiger partial charge in [0.1, 0.15) is 5.75 Å². The van der Waals surface area contributed by atoms with Crippen molar-refractivity contribution < 1.29 is 19.1 Å². The molecule has 3 rings (SSSR count). The van der Waals surface area contributed by atoms with E-state index in [0.717, 1.165) is 0 Å². The van der Waals surface area contributed by atoms with Gasteiger partial charge in [-0.15, -0.1) is 0 Å². The summed E-state index contributed by atoms with van der Waals surface area (Å²) in [7, 11) is 1.58. The summed E-state index contributed by atoms with van der Waals surface area (Å²) in [6, 6.07) is 15.7. The molecule has 0 radical (unpaired) electrons. The number of carbonyl (C=O) groups excluding carboxylic acids is 3. The fraction of sp³-hybridized carbons (Fsp3) is 0.286. The first kappa shape index (κ1) is 19.4. The van der Waals surface area contributed by atoms with Crippen LogP contribution in [0.5, 0.6) is 5.75 Å². The summed E-state index contributed by atoms with van der Waals surface area (Å²) < 4.78 is 5.10. The summed E-state index contributed by atoms with van der Waals surface area (Å²) >= 11 is 0. The summed E-state index contributed by atoms with van der Waals surface area (Å²) in [4.78, 5) is 40.3. The lowest BCUT2D eigenvalue weighted by Gasteiger charge is -2.34. The summed E-state index contributed by atoms with van der Waals surface area (Å²) in [6.45, 7) is 1.76. The van der Waals surface area contributed by atoms with E-state index < -0.39 is 0 Å². The molecule has 28 heavy (non-hydrogen) atoms. The van der Waals surface area contributed by atoms with Gasteiger partial charge in [0.05, 0.1) is 13.7 Å². The van der Waals surface area contributed by atoms with Crippen LogP contribution >= 0.6 is 0 Å². The van der Waals surface area contributed by atoms with Gasteiger partial charge in [-0.1, -0.05) is 18.2 Å². The van der Waals surface area contributed by atoms with Crippen LogP contribution in [0.3, 0.4) is 0 Å². The minimum atomic E-state index is -0.276. The van der Waals surface area contributed by atoms with Crippen molar-refractivity contribution in [1.82, 2.24) is 15.1 Å². The maximum atomic E-state index is 12.6. The van der Waals surface area contributed by atoms with E-state index in [9.17, 15) is 14.4 Å². The SMILES string of the molecule is COc1ccc(C(=O)N2CCN(C(=O)CNC(=O)c3ccccc3)CC2)cc1. The van der Waals surface area contributed by atoms with Gasteiger partial charge in [-0.3, -0.25) is 14.4 Å². The number of ether oxygens (including phenoxy) is 1. The van der Waals surface area contributed by atoms with E-state index in [1.165, 1.54) is 0 Å². The van der Waals surface area contributed by atoms with Crippen LogP contribution in [0, 0.1) is 0 Å². The van der Waals surface area contributed by atoms with Gasteiger partial charge in [0.25, 0.3) is 11.8 Å². The highest BCUT2D eigenvalue weighted by Crippen LogP contribution is 2.14. The number of hydrogen-bond donors (Lipinski definition) is 1. The Hall–Kier alpha value is -3.35. The first-order valence-electron chi connectivity index (χ1n) is 9.13. The van der Waals surface area contributed by atoms with Crippen LogP contribution in [0.1, 0.15) is 20.7 Å². The Kier molecular flexibility index (Phi) is 6.26. The van der Waals surface area contributed by atoms with Crippen molar-refractivity contribution >= 4 is 17.7 Å². The van der Waals surface area contributed by atoms with E-state index in [0.29, 0.717) is 43.1 Å². The number of hydrogen-bond acceptors (Lipinski definition) is 4. The Bertz CT molecular complexity index is 828. The van der Waals surface area contributed by atoms with Crippen molar-refractivity contribution in [3.63, 3.8) is 0 Å². The van der Waals surface area contributed by atoms with Crippen LogP contribution < -0.4 is 10.1 Å². The third kappa shape index (κ3) is 4.68. The van der Waals surface area contributed by atoms with Gasteiger partial charge in [-0.2, -0.15) is 0 Å². The molecule has 1 fully saturated rings. The van der Waals surface area contributed by atoms with Crippen molar-refractivity contribution in [3.05, 3.63) is 65.7 Å². The lowest BCUT2D eigenvalue weighted by Crippen LogP contribution is -2.52. The summed E-state index contributed by atoms with van der Waals surface area (Å²) in [5, 5.41) is 2.64. The van der Waals surface area contributed by atoms with Crippen LogP contribution in [0.4, 0.5) is 0 Å². The van der Waals surface area contributed by atoms with Gasteiger partial charge in [-0.25, -0.2) is 0 Å². The molecule has 7 heteroatoms. The molecule has 146 valence electrons. The Labute approximate surface area is 163 Å². The maximum absolute atomic E-state index is 12.6. The molecule has 1 N–H and O–H groups in total. The summed E-state index contributed by atoms with van der Waals surface area (Å²) in [5.41, 5.74) is 1.11. The average Bonchev–Trinajstić information content (AvgIpc) is 2.77. The van der Waals surface area contributed by atoms with E-state index in [-0.39, 0.29) is 24.3 Å². The zero-order valence-electron chi connectivity index (χ0n) is 15.8. The van der Waals surface area contributed by atoms with Crippen LogP contribution in [-0.4, -0.2) is 67.4 Å². The molecule has 0 unspecified atom stereocenters. The van der Waals surface area contributed by atoms with E-state index >= 15 is 0 Å².